The van der Waals surface area contributed by atoms with Gasteiger partial charge in [0, 0.05) is 32.4 Å². The zero-order valence-electron chi connectivity index (χ0n) is 13.4. The molecule has 120 valence electrons. The summed E-state index contributed by atoms with van der Waals surface area (Å²) in [4.78, 5) is 8.56. The smallest absolute Gasteiger partial charge is 0.134 e. The second-order valence-corrected chi connectivity index (χ2v) is 4.86. The van der Waals surface area contributed by atoms with Crippen LogP contribution in [0.15, 0.2) is 6.33 Å². The first kappa shape index (κ1) is 17.7. The number of methoxy groups -OCH3 is 1. The van der Waals surface area contributed by atoms with Gasteiger partial charge in [0.1, 0.15) is 18.0 Å². The molecule has 0 radical (unpaired) electrons. The fraction of sp³-hybridized carbons (Fsp3) is 0.733. The molecule has 0 bridgehead atoms. The summed E-state index contributed by atoms with van der Waals surface area (Å²) >= 11 is 0. The van der Waals surface area contributed by atoms with Gasteiger partial charge in [0.05, 0.1) is 13.2 Å². The minimum absolute atomic E-state index is 0.659. The molecule has 0 unspecified atom stereocenters. The Morgan fingerprint density at radius 3 is 2.38 bits per heavy atom. The van der Waals surface area contributed by atoms with E-state index in [4.69, 9.17) is 9.47 Å². The van der Waals surface area contributed by atoms with E-state index >= 15 is 0 Å². The lowest BCUT2D eigenvalue weighted by atomic mass is 10.2. The second kappa shape index (κ2) is 11.3. The Kier molecular flexibility index (Phi) is 9.48. The van der Waals surface area contributed by atoms with Gasteiger partial charge in [-0.25, -0.2) is 9.97 Å². The predicted octanol–water partition coefficient (Wildman–Crippen LogP) is 2.46. The molecule has 6 nitrogen and oxygen atoms in total. The molecule has 0 aliphatic heterocycles. The lowest BCUT2D eigenvalue weighted by molar-refractivity contribution is 0.0691. The summed E-state index contributed by atoms with van der Waals surface area (Å²) in [6.07, 6.45) is 4.76. The number of nitrogens with zero attached hydrogens (tertiary/aromatic N) is 2. The van der Waals surface area contributed by atoms with Gasteiger partial charge in [0.2, 0.25) is 0 Å². The minimum atomic E-state index is 0.659. The largest absolute Gasteiger partial charge is 0.382 e. The van der Waals surface area contributed by atoms with Crippen molar-refractivity contribution in [1.82, 2.24) is 9.97 Å². The average molecular weight is 296 g/mol. The Bertz CT molecular complexity index is 388. The highest BCUT2D eigenvalue weighted by atomic mass is 16.5. The third-order valence-corrected chi connectivity index (χ3v) is 3.07. The van der Waals surface area contributed by atoms with Crippen molar-refractivity contribution in [2.45, 2.75) is 33.1 Å². The molecule has 0 saturated carbocycles. The molecule has 21 heavy (non-hydrogen) atoms. The first-order valence-electron chi connectivity index (χ1n) is 7.65. The van der Waals surface area contributed by atoms with E-state index in [1.807, 2.05) is 6.92 Å². The zero-order valence-corrected chi connectivity index (χ0v) is 13.4. The first-order valence-corrected chi connectivity index (χ1v) is 7.65. The topological polar surface area (TPSA) is 68.3 Å². The van der Waals surface area contributed by atoms with Crippen molar-refractivity contribution in [2.75, 3.05) is 50.7 Å². The zero-order chi connectivity index (χ0) is 15.3. The first-order chi connectivity index (χ1) is 10.3. The maximum absolute atomic E-state index is 5.43. The fourth-order valence-corrected chi connectivity index (χ4v) is 1.83. The molecule has 0 saturated heterocycles. The van der Waals surface area contributed by atoms with Gasteiger partial charge in [-0.3, -0.25) is 0 Å². The summed E-state index contributed by atoms with van der Waals surface area (Å²) in [7, 11) is 1.68. The molecule has 0 aliphatic rings. The Morgan fingerprint density at radius 1 is 1.00 bits per heavy atom. The van der Waals surface area contributed by atoms with Crippen LogP contribution in [0.4, 0.5) is 11.6 Å². The quantitative estimate of drug-likeness (QED) is 0.578. The van der Waals surface area contributed by atoms with Gasteiger partial charge in [-0.15, -0.1) is 0 Å². The van der Waals surface area contributed by atoms with E-state index in [0.29, 0.717) is 13.2 Å². The van der Waals surface area contributed by atoms with E-state index < -0.39 is 0 Å². The van der Waals surface area contributed by atoms with Gasteiger partial charge >= 0.3 is 0 Å². The number of nitrogens with one attached hydrogen (secondary N) is 2. The number of hydrogen-bond acceptors (Lipinski definition) is 6. The van der Waals surface area contributed by atoms with E-state index in [1.54, 1.807) is 13.4 Å². The van der Waals surface area contributed by atoms with Crippen molar-refractivity contribution in [3.05, 3.63) is 11.9 Å². The van der Waals surface area contributed by atoms with Crippen molar-refractivity contribution in [3.63, 3.8) is 0 Å². The van der Waals surface area contributed by atoms with E-state index in [-0.39, 0.29) is 0 Å². The summed E-state index contributed by atoms with van der Waals surface area (Å²) < 4.78 is 10.3. The third-order valence-electron chi connectivity index (χ3n) is 3.07. The van der Waals surface area contributed by atoms with Crippen molar-refractivity contribution in [2.24, 2.45) is 0 Å². The molecular formula is C15H28N4O2. The Balaban J connectivity index is 2.22. The van der Waals surface area contributed by atoms with Gasteiger partial charge < -0.3 is 20.1 Å². The molecule has 0 aliphatic carbocycles. The van der Waals surface area contributed by atoms with E-state index in [0.717, 1.165) is 56.2 Å². The standard InChI is InChI=1S/C15H28N4O2/c1-4-7-16-14-13(2)15(19-12-18-14)17-8-5-6-9-21-11-10-20-3/h12H,4-11H2,1-3H3,(H2,16,17,18,19). The molecule has 1 rings (SSSR count). The lowest BCUT2D eigenvalue weighted by Crippen LogP contribution is -2.10. The van der Waals surface area contributed by atoms with Crippen LogP contribution in [0.1, 0.15) is 31.7 Å². The molecule has 2 N–H and O–H groups in total. The van der Waals surface area contributed by atoms with Crippen LogP contribution >= 0.6 is 0 Å². The number of ether oxygens (including phenoxy) is 2. The van der Waals surface area contributed by atoms with E-state index in [9.17, 15) is 0 Å². The molecule has 6 heteroatoms. The fourth-order valence-electron chi connectivity index (χ4n) is 1.83. The van der Waals surface area contributed by atoms with Gasteiger partial charge in [0.15, 0.2) is 0 Å². The van der Waals surface area contributed by atoms with Crippen LogP contribution in [-0.2, 0) is 9.47 Å². The monoisotopic (exact) mass is 296 g/mol. The average Bonchev–Trinajstić information content (AvgIpc) is 2.50. The van der Waals surface area contributed by atoms with Crippen molar-refractivity contribution in [1.29, 1.82) is 0 Å². The number of aromatic nitrogens is 2. The van der Waals surface area contributed by atoms with Crippen LogP contribution < -0.4 is 10.6 Å². The van der Waals surface area contributed by atoms with Crippen LogP contribution in [0.5, 0.6) is 0 Å². The van der Waals surface area contributed by atoms with Crippen LogP contribution in [0.2, 0.25) is 0 Å². The van der Waals surface area contributed by atoms with Crippen LogP contribution in [0, 0.1) is 6.92 Å². The molecule has 0 spiro atoms. The maximum Gasteiger partial charge on any atom is 0.134 e. The van der Waals surface area contributed by atoms with Gasteiger partial charge in [0.25, 0.3) is 0 Å². The minimum Gasteiger partial charge on any atom is -0.382 e. The SMILES string of the molecule is CCCNc1ncnc(NCCCCOCCOC)c1C. The number of hydrogen-bond donors (Lipinski definition) is 2. The highest BCUT2D eigenvalue weighted by molar-refractivity contribution is 5.56. The lowest BCUT2D eigenvalue weighted by Gasteiger charge is -2.12. The Hall–Kier alpha value is -1.40. The van der Waals surface area contributed by atoms with Gasteiger partial charge in [-0.2, -0.15) is 0 Å². The summed E-state index contributed by atoms with van der Waals surface area (Å²) in [6, 6.07) is 0. The van der Waals surface area contributed by atoms with E-state index in [1.165, 1.54) is 0 Å². The number of rotatable bonds is 12. The molecule has 1 heterocycles. The van der Waals surface area contributed by atoms with Crippen LogP contribution in [-0.4, -0.2) is 50.0 Å². The molecule has 0 aromatic carbocycles. The highest BCUT2D eigenvalue weighted by Gasteiger charge is 2.05. The summed E-state index contributed by atoms with van der Waals surface area (Å²) in [5.41, 5.74) is 1.07. The molecule has 0 amide bonds. The third kappa shape index (κ3) is 7.24. The van der Waals surface area contributed by atoms with Crippen molar-refractivity contribution < 1.29 is 9.47 Å². The number of unbranched alkanes of at least 4 members (excludes halogenated alkanes) is 1. The normalized spacial score (nSPS) is 10.6. The summed E-state index contributed by atoms with van der Waals surface area (Å²) in [5, 5.41) is 6.67. The number of anilines is 2. The summed E-state index contributed by atoms with van der Waals surface area (Å²) in [6.45, 7) is 8.09. The molecule has 1 aromatic heterocycles. The van der Waals surface area contributed by atoms with Crippen molar-refractivity contribution in [3.8, 4) is 0 Å². The molecule has 0 fully saturated rings. The van der Waals surface area contributed by atoms with Crippen LogP contribution in [0.3, 0.4) is 0 Å². The van der Waals surface area contributed by atoms with Gasteiger partial charge in [-0.1, -0.05) is 6.92 Å². The molecule has 1 aromatic rings. The summed E-state index contributed by atoms with van der Waals surface area (Å²) in [5.74, 6) is 1.82. The molecular weight excluding hydrogens is 268 g/mol. The Labute approximate surface area is 127 Å². The van der Waals surface area contributed by atoms with Gasteiger partial charge in [-0.05, 0) is 26.2 Å². The molecule has 0 atom stereocenters. The second-order valence-electron chi connectivity index (χ2n) is 4.86. The van der Waals surface area contributed by atoms with Crippen molar-refractivity contribution >= 4 is 11.6 Å². The highest BCUT2D eigenvalue weighted by Crippen LogP contribution is 2.17. The van der Waals surface area contributed by atoms with Crippen LogP contribution in [0.25, 0.3) is 0 Å². The Morgan fingerprint density at radius 2 is 1.71 bits per heavy atom. The van der Waals surface area contributed by atoms with E-state index in [2.05, 4.69) is 27.5 Å². The predicted molar refractivity (Wildman–Crippen MR) is 86.0 cm³/mol. The maximum atomic E-state index is 5.43.